The van der Waals surface area contributed by atoms with Crippen molar-refractivity contribution in [3.63, 3.8) is 0 Å². The summed E-state index contributed by atoms with van der Waals surface area (Å²) in [4.78, 5) is 2.57. The van der Waals surface area contributed by atoms with Crippen LogP contribution in [0.5, 0.6) is 0 Å². The summed E-state index contributed by atoms with van der Waals surface area (Å²) in [6, 6.07) is 0.0332. The van der Waals surface area contributed by atoms with Gasteiger partial charge >= 0.3 is 0 Å². The minimum atomic E-state index is 0.0332. The topological polar surface area (TPSA) is 74.8 Å². The van der Waals surface area contributed by atoms with Gasteiger partial charge in [-0.3, -0.25) is 0 Å². The van der Waals surface area contributed by atoms with Crippen LogP contribution in [0.15, 0.2) is 5.11 Å². The van der Waals surface area contributed by atoms with Crippen LogP contribution in [0.25, 0.3) is 10.4 Å². The highest BCUT2D eigenvalue weighted by Crippen LogP contribution is 1.85. The first-order valence-corrected chi connectivity index (χ1v) is 2.57. The summed E-state index contributed by atoms with van der Waals surface area (Å²) in [7, 11) is 0. The SMILES string of the molecule is CC[C@@H](N)CN=[N+]=[N-]. The first kappa shape index (κ1) is 7.27. The molecule has 0 aliphatic heterocycles. The number of hydrogen-bond acceptors (Lipinski definition) is 2. The quantitative estimate of drug-likeness (QED) is 0.332. The van der Waals surface area contributed by atoms with Crippen molar-refractivity contribution in [1.82, 2.24) is 0 Å². The van der Waals surface area contributed by atoms with Gasteiger partial charge in [0.2, 0.25) is 0 Å². The zero-order valence-electron chi connectivity index (χ0n) is 4.91. The molecule has 4 heteroatoms. The third-order valence-corrected chi connectivity index (χ3v) is 0.904. The maximum Gasteiger partial charge on any atom is 0.0409 e. The molecule has 0 aromatic rings. The molecule has 0 saturated heterocycles. The molecule has 2 N–H and O–H groups in total. The molecule has 0 radical (unpaired) electrons. The molecule has 0 unspecified atom stereocenters. The highest BCUT2D eigenvalue weighted by molar-refractivity contribution is 4.60. The highest BCUT2D eigenvalue weighted by Gasteiger charge is 1.92. The van der Waals surface area contributed by atoms with Gasteiger partial charge in [-0.2, -0.15) is 0 Å². The second-order valence-corrected chi connectivity index (χ2v) is 1.58. The largest absolute Gasteiger partial charge is 0.328 e. The van der Waals surface area contributed by atoms with Gasteiger partial charge in [-0.15, -0.1) is 0 Å². The average molecular weight is 114 g/mol. The van der Waals surface area contributed by atoms with E-state index in [9.17, 15) is 0 Å². The predicted octanol–water partition coefficient (Wildman–Crippen LogP) is 1.03. The number of rotatable bonds is 3. The molecule has 0 fully saturated rings. The summed E-state index contributed by atoms with van der Waals surface area (Å²) in [6.07, 6.45) is 0.860. The van der Waals surface area contributed by atoms with Crippen LogP contribution in [0.3, 0.4) is 0 Å². The molecule has 46 valence electrons. The Labute approximate surface area is 48.3 Å². The van der Waals surface area contributed by atoms with Gasteiger partial charge in [0.05, 0.1) is 0 Å². The average Bonchev–Trinajstić information content (AvgIpc) is 1.83. The van der Waals surface area contributed by atoms with Crippen LogP contribution >= 0.6 is 0 Å². The molecule has 0 amide bonds. The van der Waals surface area contributed by atoms with Crippen LogP contribution in [0.4, 0.5) is 0 Å². The Morgan fingerprint density at radius 1 is 1.88 bits per heavy atom. The molecule has 0 aliphatic rings. The number of nitrogens with zero attached hydrogens (tertiary/aromatic N) is 3. The molecular formula is C4H10N4. The summed E-state index contributed by atoms with van der Waals surface area (Å²) >= 11 is 0. The standard InChI is InChI=1S/C4H10N4/c1-2-4(5)3-7-8-6/h4H,2-3,5H2,1H3/t4-/m1/s1. The number of azide groups is 1. The lowest BCUT2D eigenvalue weighted by Crippen LogP contribution is -2.21. The lowest BCUT2D eigenvalue weighted by molar-refractivity contribution is 0.658. The molecule has 0 aromatic carbocycles. The minimum absolute atomic E-state index is 0.0332. The van der Waals surface area contributed by atoms with Gasteiger partial charge < -0.3 is 5.73 Å². The van der Waals surface area contributed by atoms with Crippen molar-refractivity contribution in [2.24, 2.45) is 10.8 Å². The van der Waals surface area contributed by atoms with Crippen molar-refractivity contribution in [2.45, 2.75) is 19.4 Å². The molecule has 0 aliphatic carbocycles. The van der Waals surface area contributed by atoms with E-state index in [2.05, 4.69) is 10.0 Å². The molecule has 0 rings (SSSR count). The third kappa shape index (κ3) is 3.46. The van der Waals surface area contributed by atoms with Gasteiger partial charge in [-0.05, 0) is 12.0 Å². The minimum Gasteiger partial charge on any atom is -0.328 e. The Morgan fingerprint density at radius 3 is 2.88 bits per heavy atom. The Balaban J connectivity index is 3.23. The molecule has 1 atom stereocenters. The van der Waals surface area contributed by atoms with Crippen LogP contribution in [0.1, 0.15) is 13.3 Å². The summed E-state index contributed by atoms with van der Waals surface area (Å²) in [5.74, 6) is 0. The van der Waals surface area contributed by atoms with E-state index in [0.717, 1.165) is 6.42 Å². The smallest absolute Gasteiger partial charge is 0.0409 e. The fourth-order valence-electron chi connectivity index (χ4n) is 0.270. The van der Waals surface area contributed by atoms with Crippen LogP contribution in [0, 0.1) is 0 Å². The van der Waals surface area contributed by atoms with Gasteiger partial charge in [0.15, 0.2) is 0 Å². The van der Waals surface area contributed by atoms with E-state index in [0.29, 0.717) is 6.54 Å². The van der Waals surface area contributed by atoms with Crippen LogP contribution in [0.2, 0.25) is 0 Å². The van der Waals surface area contributed by atoms with Crippen LogP contribution < -0.4 is 5.73 Å². The molecule has 0 aromatic heterocycles. The van der Waals surface area contributed by atoms with Crippen molar-refractivity contribution in [1.29, 1.82) is 0 Å². The van der Waals surface area contributed by atoms with Gasteiger partial charge in [-0.25, -0.2) is 0 Å². The second kappa shape index (κ2) is 4.43. The summed E-state index contributed by atoms with van der Waals surface area (Å²) in [6.45, 7) is 2.37. The molecule has 8 heavy (non-hydrogen) atoms. The molecule has 0 bridgehead atoms. The molecular weight excluding hydrogens is 104 g/mol. The number of nitrogens with two attached hydrogens (primary N) is 1. The molecule has 0 saturated carbocycles. The van der Waals surface area contributed by atoms with Gasteiger partial charge in [0.1, 0.15) is 0 Å². The third-order valence-electron chi connectivity index (χ3n) is 0.904. The van der Waals surface area contributed by atoms with Gasteiger partial charge in [0, 0.05) is 17.5 Å². The molecule has 0 heterocycles. The maximum absolute atomic E-state index is 7.81. The van der Waals surface area contributed by atoms with E-state index < -0.39 is 0 Å². The van der Waals surface area contributed by atoms with E-state index in [1.807, 2.05) is 6.92 Å². The predicted molar refractivity (Wildman–Crippen MR) is 32.3 cm³/mol. The van der Waals surface area contributed by atoms with Crippen LogP contribution in [-0.2, 0) is 0 Å². The molecule has 0 spiro atoms. The van der Waals surface area contributed by atoms with Crippen molar-refractivity contribution < 1.29 is 0 Å². The number of hydrogen-bond donors (Lipinski definition) is 1. The first-order valence-electron chi connectivity index (χ1n) is 2.57. The van der Waals surface area contributed by atoms with Crippen molar-refractivity contribution >= 4 is 0 Å². The Hall–Kier alpha value is -0.730. The normalized spacial score (nSPS) is 12.2. The lowest BCUT2D eigenvalue weighted by atomic mass is 10.2. The van der Waals surface area contributed by atoms with Crippen molar-refractivity contribution in [3.8, 4) is 0 Å². The van der Waals surface area contributed by atoms with Crippen molar-refractivity contribution in [2.75, 3.05) is 6.54 Å². The van der Waals surface area contributed by atoms with Crippen LogP contribution in [-0.4, -0.2) is 12.6 Å². The highest BCUT2D eigenvalue weighted by atomic mass is 15.1. The van der Waals surface area contributed by atoms with E-state index >= 15 is 0 Å². The van der Waals surface area contributed by atoms with Gasteiger partial charge in [0.25, 0.3) is 0 Å². The summed E-state index contributed by atoms with van der Waals surface area (Å²) in [5, 5.41) is 3.30. The lowest BCUT2D eigenvalue weighted by Gasteiger charge is -1.99. The monoisotopic (exact) mass is 114 g/mol. The Kier molecular flexibility index (Phi) is 4.03. The fourth-order valence-corrected chi connectivity index (χ4v) is 0.270. The fraction of sp³-hybridized carbons (Fsp3) is 1.00. The maximum atomic E-state index is 7.81. The van der Waals surface area contributed by atoms with E-state index in [1.54, 1.807) is 0 Å². The Bertz CT molecular complexity index is 94.2. The second-order valence-electron chi connectivity index (χ2n) is 1.58. The molecule has 4 nitrogen and oxygen atoms in total. The summed E-state index contributed by atoms with van der Waals surface area (Å²) in [5.41, 5.74) is 13.2. The van der Waals surface area contributed by atoms with Gasteiger partial charge in [-0.1, -0.05) is 12.0 Å². The van der Waals surface area contributed by atoms with E-state index in [4.69, 9.17) is 11.3 Å². The zero-order chi connectivity index (χ0) is 6.41. The first-order chi connectivity index (χ1) is 3.81. The summed E-state index contributed by atoms with van der Waals surface area (Å²) < 4.78 is 0. The van der Waals surface area contributed by atoms with E-state index in [1.165, 1.54) is 0 Å². The zero-order valence-corrected chi connectivity index (χ0v) is 4.91. The van der Waals surface area contributed by atoms with Crippen molar-refractivity contribution in [3.05, 3.63) is 10.4 Å². The Morgan fingerprint density at radius 2 is 2.50 bits per heavy atom. The van der Waals surface area contributed by atoms with E-state index in [-0.39, 0.29) is 6.04 Å².